The number of rotatable bonds is 8. The Balaban J connectivity index is 0.00000361. The van der Waals surface area contributed by atoms with Crippen molar-refractivity contribution < 1.29 is 14.5 Å². The third-order valence-electron chi connectivity index (χ3n) is 7.01. The fourth-order valence-electron chi connectivity index (χ4n) is 4.82. The fraction of sp³-hybridized carbons (Fsp3) is 0.519. The largest absolute Gasteiger partial charge is 0.490 e. The normalized spacial score (nSPS) is 16.8. The Hall–Kier alpha value is -3.33. The maximum Gasteiger partial charge on any atom is 0.311 e. The number of hydrogen-bond donors (Lipinski definition) is 1. The molecular weight excluding hydrogens is 458 g/mol. The lowest BCUT2D eigenvalue weighted by molar-refractivity contribution is -0.385. The molecule has 2 aliphatic rings. The number of ether oxygens (including phenoxy) is 1. The van der Waals surface area contributed by atoms with E-state index in [0.29, 0.717) is 6.42 Å². The first kappa shape index (κ1) is 27.3. The summed E-state index contributed by atoms with van der Waals surface area (Å²) in [5.74, 6) is 0.466. The second-order valence-electron chi connectivity index (χ2n) is 9.36. The van der Waals surface area contributed by atoms with E-state index >= 15 is 0 Å². The maximum atomic E-state index is 12.8. The number of aryl methyl sites for hydroxylation is 1. The molecule has 0 bridgehead atoms. The average molecular weight is 498 g/mol. The molecule has 0 atom stereocenters. The number of carbonyl (C=O) groups is 1. The number of carbonyl (C=O) groups excluding carboxylic acids is 1. The molecule has 0 spiro atoms. The Morgan fingerprint density at radius 2 is 1.72 bits per heavy atom. The Bertz CT molecular complexity index is 1010. The number of likely N-dealkylation sites (tertiary alicyclic amines) is 1. The number of methoxy groups -OCH3 is 1. The van der Waals surface area contributed by atoms with Gasteiger partial charge in [-0.1, -0.05) is 25.1 Å². The zero-order valence-electron chi connectivity index (χ0n) is 20.6. The molecule has 1 amide bonds. The lowest BCUT2D eigenvalue weighted by Gasteiger charge is -2.37. The number of nitro benzene ring substituents is 1. The van der Waals surface area contributed by atoms with Gasteiger partial charge in [0.2, 0.25) is 5.91 Å². The number of hydrogen-bond acceptors (Lipinski definition) is 7. The summed E-state index contributed by atoms with van der Waals surface area (Å²) in [5.41, 5.74) is 3.30. The number of nitro groups is 1. The summed E-state index contributed by atoms with van der Waals surface area (Å²) in [6, 6.07) is 13.7. The van der Waals surface area contributed by atoms with E-state index in [9.17, 15) is 14.9 Å². The van der Waals surface area contributed by atoms with Crippen molar-refractivity contribution in [2.24, 2.45) is 0 Å². The van der Waals surface area contributed by atoms with Gasteiger partial charge < -0.3 is 19.9 Å². The van der Waals surface area contributed by atoms with Gasteiger partial charge in [-0.2, -0.15) is 0 Å². The topological polar surface area (TPSA) is 91.2 Å². The molecule has 0 saturated carbocycles. The fourth-order valence-corrected chi connectivity index (χ4v) is 4.82. The van der Waals surface area contributed by atoms with Gasteiger partial charge in [0, 0.05) is 81.8 Å². The summed E-state index contributed by atoms with van der Waals surface area (Å²) in [6.07, 6.45) is 2.25. The molecule has 1 N–H and O–H groups in total. The van der Waals surface area contributed by atoms with E-state index in [0.717, 1.165) is 64.3 Å². The van der Waals surface area contributed by atoms with Gasteiger partial charge in [0.1, 0.15) is 0 Å². The molecule has 196 valence electrons. The van der Waals surface area contributed by atoms with Crippen LogP contribution in [0.5, 0.6) is 5.75 Å². The SMILES string of the molecule is C.COc1cc(NC2CCN(C(=O)CCN3CCN(c4ccc(C)cc4)CC3)CC2)ccc1[N+](=O)[O-]. The minimum atomic E-state index is -0.448. The van der Waals surface area contributed by atoms with E-state index in [1.165, 1.54) is 24.4 Å². The molecule has 0 aromatic heterocycles. The van der Waals surface area contributed by atoms with Gasteiger partial charge in [-0.25, -0.2) is 0 Å². The number of anilines is 2. The summed E-state index contributed by atoms with van der Waals surface area (Å²) in [4.78, 5) is 30.2. The first-order chi connectivity index (χ1) is 16.9. The molecule has 36 heavy (non-hydrogen) atoms. The van der Waals surface area contributed by atoms with Crippen LogP contribution in [-0.2, 0) is 4.79 Å². The summed E-state index contributed by atoms with van der Waals surface area (Å²) < 4.78 is 5.15. The van der Waals surface area contributed by atoms with E-state index in [4.69, 9.17) is 4.74 Å². The van der Waals surface area contributed by atoms with Crippen molar-refractivity contribution in [3.63, 3.8) is 0 Å². The standard InChI is InChI=1S/C26H35N5O4.CH4/c1-20-3-6-23(7-4-20)29-17-15-28(16-18-29)12-11-26(32)30-13-9-21(10-14-30)27-22-5-8-24(31(33)34)25(19-22)35-2;/h3-8,19,21,27H,9-18H2,1-2H3;1H4. The quantitative estimate of drug-likeness (QED) is 0.432. The van der Waals surface area contributed by atoms with Gasteiger partial charge in [-0.3, -0.25) is 19.8 Å². The first-order valence-corrected chi connectivity index (χ1v) is 12.3. The first-order valence-electron chi connectivity index (χ1n) is 12.3. The Kier molecular flexibility index (Phi) is 9.52. The van der Waals surface area contributed by atoms with Crippen molar-refractivity contribution in [1.82, 2.24) is 9.80 Å². The molecule has 2 saturated heterocycles. The van der Waals surface area contributed by atoms with Crippen LogP contribution >= 0.6 is 0 Å². The summed E-state index contributed by atoms with van der Waals surface area (Å²) >= 11 is 0. The number of piperazine rings is 1. The zero-order valence-corrected chi connectivity index (χ0v) is 20.6. The molecule has 0 unspecified atom stereocenters. The van der Waals surface area contributed by atoms with Crippen LogP contribution in [0.3, 0.4) is 0 Å². The van der Waals surface area contributed by atoms with Gasteiger partial charge in [0.15, 0.2) is 5.75 Å². The van der Waals surface area contributed by atoms with E-state index < -0.39 is 4.92 Å². The Labute approximate surface area is 214 Å². The second kappa shape index (κ2) is 12.6. The molecule has 2 aliphatic heterocycles. The van der Waals surface area contributed by atoms with Crippen molar-refractivity contribution in [3.8, 4) is 5.75 Å². The van der Waals surface area contributed by atoms with E-state index in [2.05, 4.69) is 46.3 Å². The lowest BCUT2D eigenvalue weighted by Crippen LogP contribution is -2.48. The lowest BCUT2D eigenvalue weighted by atomic mass is 10.0. The monoisotopic (exact) mass is 497 g/mol. The van der Waals surface area contributed by atoms with Gasteiger partial charge in [0.25, 0.3) is 0 Å². The van der Waals surface area contributed by atoms with Gasteiger partial charge in [-0.15, -0.1) is 0 Å². The molecule has 4 rings (SSSR count). The number of nitrogens with zero attached hydrogens (tertiary/aromatic N) is 4. The van der Waals surface area contributed by atoms with E-state index in [-0.39, 0.29) is 30.8 Å². The van der Waals surface area contributed by atoms with Crippen LogP contribution in [0, 0.1) is 17.0 Å². The number of nitrogens with one attached hydrogen (secondary N) is 1. The predicted molar refractivity (Wildman–Crippen MR) is 144 cm³/mol. The van der Waals surface area contributed by atoms with Crippen molar-refractivity contribution in [2.75, 3.05) is 63.1 Å². The minimum absolute atomic E-state index is 0. The molecule has 9 nitrogen and oxygen atoms in total. The van der Waals surface area contributed by atoms with Crippen molar-refractivity contribution >= 4 is 23.0 Å². The highest BCUT2D eigenvalue weighted by atomic mass is 16.6. The second-order valence-corrected chi connectivity index (χ2v) is 9.36. The van der Waals surface area contributed by atoms with Crippen molar-refractivity contribution in [2.45, 2.75) is 39.7 Å². The third-order valence-corrected chi connectivity index (χ3v) is 7.01. The average Bonchev–Trinajstić information content (AvgIpc) is 2.88. The highest BCUT2D eigenvalue weighted by Crippen LogP contribution is 2.30. The summed E-state index contributed by atoms with van der Waals surface area (Å²) in [7, 11) is 1.43. The molecule has 0 aliphatic carbocycles. The van der Waals surface area contributed by atoms with Crippen molar-refractivity contribution in [1.29, 1.82) is 0 Å². The highest BCUT2D eigenvalue weighted by molar-refractivity contribution is 5.76. The Morgan fingerprint density at radius 3 is 2.33 bits per heavy atom. The smallest absolute Gasteiger partial charge is 0.311 e. The highest BCUT2D eigenvalue weighted by Gasteiger charge is 2.25. The van der Waals surface area contributed by atoms with Gasteiger partial charge in [-0.05, 0) is 38.0 Å². The molecule has 2 aromatic carbocycles. The molecule has 2 fully saturated rings. The third kappa shape index (κ3) is 6.87. The molecule has 2 aromatic rings. The number of benzene rings is 2. The number of amides is 1. The van der Waals surface area contributed by atoms with Crippen molar-refractivity contribution in [3.05, 3.63) is 58.1 Å². The van der Waals surface area contributed by atoms with Crippen LogP contribution in [0.4, 0.5) is 17.1 Å². The van der Waals surface area contributed by atoms with Crippen LogP contribution in [0.2, 0.25) is 0 Å². The van der Waals surface area contributed by atoms with Crippen LogP contribution in [0.25, 0.3) is 0 Å². The molecular formula is C27H39N5O4. The number of piperidine rings is 1. The zero-order chi connectivity index (χ0) is 24.8. The van der Waals surface area contributed by atoms with Crippen LogP contribution in [-0.4, -0.2) is 79.6 Å². The van der Waals surface area contributed by atoms with E-state index in [1.807, 2.05) is 4.90 Å². The maximum absolute atomic E-state index is 12.8. The van der Waals surface area contributed by atoms with E-state index in [1.54, 1.807) is 12.1 Å². The Morgan fingerprint density at radius 1 is 1.06 bits per heavy atom. The summed E-state index contributed by atoms with van der Waals surface area (Å²) in [6.45, 7) is 8.29. The molecule has 9 heteroatoms. The van der Waals surface area contributed by atoms with Crippen LogP contribution in [0.15, 0.2) is 42.5 Å². The minimum Gasteiger partial charge on any atom is -0.490 e. The molecule has 0 radical (unpaired) electrons. The summed E-state index contributed by atoms with van der Waals surface area (Å²) in [5, 5.41) is 14.5. The van der Waals surface area contributed by atoms with Gasteiger partial charge >= 0.3 is 5.69 Å². The molecule has 2 heterocycles. The van der Waals surface area contributed by atoms with Crippen LogP contribution < -0.4 is 15.0 Å². The van der Waals surface area contributed by atoms with Gasteiger partial charge in [0.05, 0.1) is 12.0 Å². The predicted octanol–water partition coefficient (Wildman–Crippen LogP) is 4.16. The van der Waals surface area contributed by atoms with Crippen LogP contribution in [0.1, 0.15) is 32.3 Å².